The number of pyridine rings is 1. The van der Waals surface area contributed by atoms with E-state index in [0.29, 0.717) is 12.4 Å². The molecule has 0 atom stereocenters. The number of rotatable bonds is 7. The number of nitrogens with one attached hydrogen (secondary N) is 2. The highest BCUT2D eigenvalue weighted by molar-refractivity contribution is 14.0. The van der Waals surface area contributed by atoms with Crippen LogP contribution in [0.4, 0.5) is 0 Å². The molecule has 0 saturated heterocycles. The molecule has 0 bridgehead atoms. The van der Waals surface area contributed by atoms with Gasteiger partial charge in [0.05, 0.1) is 13.7 Å². The van der Waals surface area contributed by atoms with Crippen molar-refractivity contribution in [2.45, 2.75) is 19.9 Å². The average molecular weight is 446 g/mol. The van der Waals surface area contributed by atoms with Gasteiger partial charge in [0, 0.05) is 29.7 Å². The summed E-state index contributed by atoms with van der Waals surface area (Å²) in [5.41, 5.74) is 0.973. The second kappa shape index (κ2) is 11.2. The first-order valence-corrected chi connectivity index (χ1v) is 8.24. The molecule has 0 radical (unpaired) electrons. The van der Waals surface area contributed by atoms with E-state index < -0.39 is 0 Å². The number of nitrogens with zero attached hydrogens (tertiary/aromatic N) is 2. The maximum atomic E-state index is 5.25. The molecule has 0 amide bonds. The van der Waals surface area contributed by atoms with Gasteiger partial charge >= 0.3 is 0 Å². The fourth-order valence-electron chi connectivity index (χ4n) is 1.99. The zero-order valence-electron chi connectivity index (χ0n) is 13.4. The number of hydrogen-bond acceptors (Lipinski definition) is 4. The van der Waals surface area contributed by atoms with E-state index in [2.05, 4.69) is 45.0 Å². The average Bonchev–Trinajstić information content (AvgIpc) is 3.06. The normalized spacial score (nSPS) is 10.8. The van der Waals surface area contributed by atoms with Gasteiger partial charge in [-0.15, -0.1) is 35.3 Å². The van der Waals surface area contributed by atoms with Gasteiger partial charge in [-0.3, -0.25) is 0 Å². The highest BCUT2D eigenvalue weighted by Crippen LogP contribution is 2.14. The van der Waals surface area contributed by atoms with Crippen LogP contribution in [-0.4, -0.2) is 31.1 Å². The monoisotopic (exact) mass is 446 g/mol. The van der Waals surface area contributed by atoms with E-state index in [1.807, 2.05) is 12.1 Å². The molecule has 23 heavy (non-hydrogen) atoms. The van der Waals surface area contributed by atoms with Gasteiger partial charge in [-0.05, 0) is 30.9 Å². The van der Waals surface area contributed by atoms with Crippen molar-refractivity contribution in [1.29, 1.82) is 0 Å². The first-order valence-electron chi connectivity index (χ1n) is 7.36. The van der Waals surface area contributed by atoms with Crippen molar-refractivity contribution in [2.24, 2.45) is 4.99 Å². The molecule has 0 aliphatic heterocycles. The maximum Gasteiger partial charge on any atom is 0.218 e. The number of hydrogen-bond donors (Lipinski definition) is 2. The molecular formula is C16H23IN4OS. The molecular weight excluding hydrogens is 423 g/mol. The minimum absolute atomic E-state index is 0. The van der Waals surface area contributed by atoms with Crippen LogP contribution in [0.5, 0.6) is 5.88 Å². The fraction of sp³-hybridized carbons (Fsp3) is 0.375. The van der Waals surface area contributed by atoms with Crippen molar-refractivity contribution in [3.8, 4) is 5.88 Å². The first-order chi connectivity index (χ1) is 10.8. The van der Waals surface area contributed by atoms with Crippen LogP contribution in [0.15, 0.2) is 40.8 Å². The summed E-state index contributed by atoms with van der Waals surface area (Å²) in [6.45, 7) is 4.28. The summed E-state index contributed by atoms with van der Waals surface area (Å²) < 4.78 is 5.25. The van der Waals surface area contributed by atoms with Gasteiger partial charge in [0.2, 0.25) is 5.88 Å². The molecule has 2 N–H and O–H groups in total. The minimum atomic E-state index is 0. The Morgan fingerprint density at radius 1 is 1.30 bits per heavy atom. The van der Waals surface area contributed by atoms with Crippen LogP contribution in [0.1, 0.15) is 17.4 Å². The van der Waals surface area contributed by atoms with E-state index in [1.54, 1.807) is 24.6 Å². The molecule has 0 saturated carbocycles. The van der Waals surface area contributed by atoms with Gasteiger partial charge in [0.25, 0.3) is 0 Å². The number of aromatic nitrogens is 1. The number of halogens is 1. The fourth-order valence-corrected chi connectivity index (χ4v) is 2.70. The van der Waals surface area contributed by atoms with Crippen LogP contribution in [0.25, 0.3) is 0 Å². The molecule has 0 aliphatic carbocycles. The molecule has 2 heterocycles. The second-order valence-electron chi connectivity index (χ2n) is 4.62. The summed E-state index contributed by atoms with van der Waals surface area (Å²) in [6, 6.07) is 8.10. The van der Waals surface area contributed by atoms with E-state index in [0.717, 1.165) is 31.0 Å². The van der Waals surface area contributed by atoms with Crippen LogP contribution in [0, 0.1) is 0 Å². The third-order valence-electron chi connectivity index (χ3n) is 3.04. The Balaban J connectivity index is 0.00000264. The first kappa shape index (κ1) is 19.7. The lowest BCUT2D eigenvalue weighted by molar-refractivity contribution is 0.392. The molecule has 2 aromatic rings. The molecule has 0 aliphatic rings. The second-order valence-corrected chi connectivity index (χ2v) is 5.66. The molecule has 0 aromatic carbocycles. The molecule has 0 spiro atoms. The molecule has 2 aromatic heterocycles. The summed E-state index contributed by atoms with van der Waals surface area (Å²) in [5.74, 6) is 1.44. The number of ether oxygens (including phenoxy) is 1. The summed E-state index contributed by atoms with van der Waals surface area (Å²) in [4.78, 5) is 10.1. The van der Waals surface area contributed by atoms with Crippen molar-refractivity contribution in [3.63, 3.8) is 0 Å². The Hall–Kier alpha value is -1.35. The van der Waals surface area contributed by atoms with Gasteiger partial charge in [0.1, 0.15) is 0 Å². The van der Waals surface area contributed by atoms with Crippen molar-refractivity contribution in [2.75, 3.05) is 20.2 Å². The molecule has 0 fully saturated rings. The third-order valence-corrected chi connectivity index (χ3v) is 3.98. The quantitative estimate of drug-likeness (QED) is 0.390. The SMILES string of the molecule is CCNC(=NCc1cccnc1OC)NCCc1cccs1.I. The topological polar surface area (TPSA) is 58.5 Å². The molecule has 5 nitrogen and oxygen atoms in total. The smallest absolute Gasteiger partial charge is 0.218 e. The standard InChI is InChI=1S/C16H22N4OS.HI/c1-3-17-16(19-10-8-14-7-5-11-22-14)20-12-13-6-4-9-18-15(13)21-2;/h4-7,9,11H,3,8,10,12H2,1-2H3,(H2,17,19,20);1H. The number of guanidine groups is 1. The van der Waals surface area contributed by atoms with Gasteiger partial charge < -0.3 is 15.4 Å². The number of thiophene rings is 1. The van der Waals surface area contributed by atoms with E-state index in [-0.39, 0.29) is 24.0 Å². The Labute approximate surface area is 158 Å². The third kappa shape index (κ3) is 6.74. The van der Waals surface area contributed by atoms with E-state index in [9.17, 15) is 0 Å². The predicted molar refractivity (Wildman–Crippen MR) is 107 cm³/mol. The van der Waals surface area contributed by atoms with Gasteiger partial charge in [0.15, 0.2) is 5.96 Å². The zero-order chi connectivity index (χ0) is 15.6. The van der Waals surface area contributed by atoms with Crippen LogP contribution < -0.4 is 15.4 Å². The van der Waals surface area contributed by atoms with E-state index in [4.69, 9.17) is 4.74 Å². The van der Waals surface area contributed by atoms with Gasteiger partial charge in [-0.25, -0.2) is 9.98 Å². The van der Waals surface area contributed by atoms with Crippen LogP contribution in [-0.2, 0) is 13.0 Å². The Bertz CT molecular complexity index is 590. The predicted octanol–water partition coefficient (Wildman–Crippen LogP) is 3.07. The van der Waals surface area contributed by atoms with E-state index in [1.165, 1.54) is 4.88 Å². The van der Waals surface area contributed by atoms with Crippen molar-refractivity contribution in [3.05, 3.63) is 46.3 Å². The van der Waals surface area contributed by atoms with Crippen LogP contribution in [0.3, 0.4) is 0 Å². The van der Waals surface area contributed by atoms with Crippen molar-refractivity contribution >= 4 is 41.3 Å². The van der Waals surface area contributed by atoms with E-state index >= 15 is 0 Å². The minimum Gasteiger partial charge on any atom is -0.481 e. The van der Waals surface area contributed by atoms with Crippen molar-refractivity contribution in [1.82, 2.24) is 15.6 Å². The summed E-state index contributed by atoms with van der Waals surface area (Å²) in [7, 11) is 1.63. The summed E-state index contributed by atoms with van der Waals surface area (Å²) in [5, 5.41) is 8.70. The Morgan fingerprint density at radius 2 is 2.17 bits per heavy atom. The molecule has 2 rings (SSSR count). The van der Waals surface area contributed by atoms with Crippen LogP contribution in [0.2, 0.25) is 0 Å². The Morgan fingerprint density at radius 3 is 2.87 bits per heavy atom. The Kier molecular flexibility index (Phi) is 9.61. The lowest BCUT2D eigenvalue weighted by Crippen LogP contribution is -2.38. The molecule has 0 unspecified atom stereocenters. The maximum absolute atomic E-state index is 5.25. The molecule has 126 valence electrons. The highest BCUT2D eigenvalue weighted by Gasteiger charge is 2.03. The number of methoxy groups -OCH3 is 1. The summed E-state index contributed by atoms with van der Waals surface area (Å²) in [6.07, 6.45) is 2.72. The van der Waals surface area contributed by atoms with Gasteiger partial charge in [-0.1, -0.05) is 12.1 Å². The molecule has 7 heteroatoms. The highest BCUT2D eigenvalue weighted by atomic mass is 127. The largest absolute Gasteiger partial charge is 0.481 e. The zero-order valence-corrected chi connectivity index (χ0v) is 16.6. The van der Waals surface area contributed by atoms with Crippen LogP contribution >= 0.6 is 35.3 Å². The summed E-state index contributed by atoms with van der Waals surface area (Å²) >= 11 is 1.78. The lowest BCUT2D eigenvalue weighted by Gasteiger charge is -2.11. The number of aliphatic imine (C=N–C) groups is 1. The van der Waals surface area contributed by atoms with Gasteiger partial charge in [-0.2, -0.15) is 0 Å². The van der Waals surface area contributed by atoms with Crippen molar-refractivity contribution < 1.29 is 4.74 Å². The lowest BCUT2D eigenvalue weighted by atomic mass is 10.3.